The first kappa shape index (κ1) is 17.1. The van der Waals surface area contributed by atoms with Crippen molar-refractivity contribution in [3.05, 3.63) is 50.2 Å². The van der Waals surface area contributed by atoms with Crippen LogP contribution >= 0.6 is 0 Å². The van der Waals surface area contributed by atoms with E-state index in [1.807, 2.05) is 30.3 Å². The van der Waals surface area contributed by atoms with Crippen LogP contribution in [0.15, 0.2) is 30.3 Å². The summed E-state index contributed by atoms with van der Waals surface area (Å²) in [7, 11) is 0. The second-order valence-electron chi connectivity index (χ2n) is 2.81. The van der Waals surface area contributed by atoms with E-state index >= 15 is 0 Å². The molecule has 0 spiro atoms. The standard InChI is InChI=1S/C10H13N2O.CH3.U/c1-8(11)10(13)12-7-9-5-3-2-4-6-9;;/h2-6,8H,1,7,11H2,(H,12,13);1H3;/q2*-1;+2. The van der Waals surface area contributed by atoms with Crippen LogP contribution in [-0.2, 0) is 11.3 Å². The van der Waals surface area contributed by atoms with Crippen molar-refractivity contribution in [1.82, 2.24) is 5.32 Å². The van der Waals surface area contributed by atoms with Crippen LogP contribution in [0.4, 0.5) is 0 Å². The monoisotopic (exact) mass is 430 g/mol. The van der Waals surface area contributed by atoms with Gasteiger partial charge in [0.1, 0.15) is 0 Å². The summed E-state index contributed by atoms with van der Waals surface area (Å²) in [5.41, 5.74) is 6.33. The second-order valence-corrected chi connectivity index (χ2v) is 2.81. The van der Waals surface area contributed by atoms with Crippen LogP contribution in [0.25, 0.3) is 0 Å². The molecule has 1 aromatic rings. The van der Waals surface area contributed by atoms with Crippen molar-refractivity contribution in [3.63, 3.8) is 0 Å². The molecular formula is C11H16N2OU. The molecular weight excluding hydrogens is 414 g/mol. The zero-order chi connectivity index (χ0) is 9.68. The molecule has 15 heavy (non-hydrogen) atoms. The molecule has 0 bridgehead atoms. The van der Waals surface area contributed by atoms with E-state index in [4.69, 9.17) is 5.73 Å². The van der Waals surface area contributed by atoms with E-state index in [0.717, 1.165) is 5.56 Å². The molecule has 1 aromatic carbocycles. The molecule has 0 saturated heterocycles. The second kappa shape index (κ2) is 8.97. The van der Waals surface area contributed by atoms with E-state index in [-0.39, 0.29) is 44.4 Å². The van der Waals surface area contributed by atoms with Gasteiger partial charge in [-0.2, -0.15) is 0 Å². The largest absolute Gasteiger partial charge is 2.00 e. The van der Waals surface area contributed by atoms with E-state index in [1.165, 1.54) is 0 Å². The Morgan fingerprint density at radius 3 is 2.40 bits per heavy atom. The molecule has 0 aliphatic rings. The van der Waals surface area contributed by atoms with E-state index in [9.17, 15) is 4.79 Å². The Bertz CT molecular complexity index is 275. The average molecular weight is 430 g/mol. The number of benzene rings is 1. The first-order chi connectivity index (χ1) is 6.20. The molecule has 3 N–H and O–H groups in total. The van der Waals surface area contributed by atoms with Crippen molar-refractivity contribution >= 4 is 5.91 Å². The molecule has 0 aromatic heterocycles. The number of hydrogen-bond donors (Lipinski definition) is 2. The van der Waals surface area contributed by atoms with Gasteiger partial charge in [0.25, 0.3) is 0 Å². The van der Waals surface area contributed by atoms with Gasteiger partial charge in [0, 0.05) is 6.54 Å². The summed E-state index contributed by atoms with van der Waals surface area (Å²) in [6.07, 6.45) is 0. The topological polar surface area (TPSA) is 55.1 Å². The maximum atomic E-state index is 11.0. The van der Waals surface area contributed by atoms with Crippen molar-refractivity contribution in [1.29, 1.82) is 0 Å². The van der Waals surface area contributed by atoms with Gasteiger partial charge in [0.05, 0.1) is 0 Å². The quantitative estimate of drug-likeness (QED) is 0.701. The molecule has 1 rings (SSSR count). The van der Waals surface area contributed by atoms with E-state index in [0.29, 0.717) is 6.54 Å². The summed E-state index contributed by atoms with van der Waals surface area (Å²) in [4.78, 5) is 11.0. The predicted octanol–water partition coefficient (Wildman–Crippen LogP) is 0.914. The summed E-state index contributed by atoms with van der Waals surface area (Å²) in [5, 5.41) is 2.67. The Kier molecular flexibility index (Phi) is 10.2. The van der Waals surface area contributed by atoms with Gasteiger partial charge in [-0.15, -0.1) is 0 Å². The zero-order valence-corrected chi connectivity index (χ0v) is 13.0. The molecule has 1 unspecified atom stereocenters. The Hall–Kier alpha value is -0.298. The van der Waals surface area contributed by atoms with Gasteiger partial charge >= 0.3 is 31.1 Å². The molecule has 4 heteroatoms. The van der Waals surface area contributed by atoms with Gasteiger partial charge in [0.2, 0.25) is 5.91 Å². The van der Waals surface area contributed by atoms with Gasteiger partial charge in [0.15, 0.2) is 0 Å². The summed E-state index contributed by atoms with van der Waals surface area (Å²) in [6, 6.07) is 8.96. The zero-order valence-electron chi connectivity index (χ0n) is 8.86. The Balaban J connectivity index is 0. The fourth-order valence-electron chi connectivity index (χ4n) is 0.916. The van der Waals surface area contributed by atoms with Crippen LogP contribution in [0.5, 0.6) is 0 Å². The molecule has 3 nitrogen and oxygen atoms in total. The minimum Gasteiger partial charge on any atom is -0.358 e. The number of hydrogen-bond acceptors (Lipinski definition) is 2. The van der Waals surface area contributed by atoms with Crippen molar-refractivity contribution in [2.45, 2.75) is 12.6 Å². The van der Waals surface area contributed by atoms with E-state index in [1.54, 1.807) is 0 Å². The molecule has 0 heterocycles. The van der Waals surface area contributed by atoms with E-state index in [2.05, 4.69) is 12.2 Å². The smallest absolute Gasteiger partial charge is 0.358 e. The van der Waals surface area contributed by atoms with Crippen LogP contribution < -0.4 is 11.1 Å². The molecule has 80 valence electrons. The average Bonchev–Trinajstić information content (AvgIpc) is 2.15. The summed E-state index contributed by atoms with van der Waals surface area (Å²) in [6.45, 7) is 3.92. The molecule has 0 aliphatic heterocycles. The summed E-state index contributed by atoms with van der Waals surface area (Å²) < 4.78 is 0. The molecule has 1 atom stereocenters. The minimum atomic E-state index is -0.691. The number of rotatable bonds is 3. The minimum absolute atomic E-state index is 0. The van der Waals surface area contributed by atoms with Crippen molar-refractivity contribution in [2.24, 2.45) is 5.73 Å². The van der Waals surface area contributed by atoms with Crippen molar-refractivity contribution < 1.29 is 35.9 Å². The van der Waals surface area contributed by atoms with Crippen LogP contribution in [0.1, 0.15) is 5.56 Å². The number of amides is 1. The predicted molar refractivity (Wildman–Crippen MR) is 58.0 cm³/mol. The van der Waals surface area contributed by atoms with Gasteiger partial charge in [-0.1, -0.05) is 30.3 Å². The first-order valence-corrected chi connectivity index (χ1v) is 4.10. The maximum absolute atomic E-state index is 11.0. The Morgan fingerprint density at radius 2 is 1.93 bits per heavy atom. The van der Waals surface area contributed by atoms with Crippen LogP contribution in [0.2, 0.25) is 0 Å². The maximum Gasteiger partial charge on any atom is 2.00 e. The molecule has 0 aliphatic carbocycles. The third-order valence-corrected chi connectivity index (χ3v) is 1.65. The SMILES string of the molecule is [CH2-]C(N)C(=O)NCc1ccccc1.[CH3-].[U+2]. The number of nitrogens with one attached hydrogen (secondary N) is 1. The molecule has 0 radical (unpaired) electrons. The Morgan fingerprint density at radius 1 is 1.40 bits per heavy atom. The fraction of sp³-hybridized carbons (Fsp3) is 0.182. The van der Waals surface area contributed by atoms with Crippen molar-refractivity contribution in [2.75, 3.05) is 0 Å². The molecule has 0 saturated carbocycles. The number of nitrogens with two attached hydrogens (primary N) is 1. The van der Waals surface area contributed by atoms with Crippen LogP contribution in [0.3, 0.4) is 0 Å². The van der Waals surface area contributed by atoms with Gasteiger partial charge < -0.3 is 25.4 Å². The van der Waals surface area contributed by atoms with E-state index < -0.39 is 6.04 Å². The van der Waals surface area contributed by atoms with Crippen LogP contribution in [-0.4, -0.2) is 11.9 Å². The summed E-state index contributed by atoms with van der Waals surface area (Å²) in [5.74, 6) is -0.233. The normalized spacial score (nSPS) is 10.5. The van der Waals surface area contributed by atoms with Gasteiger partial charge in [-0.05, 0) is 11.6 Å². The van der Waals surface area contributed by atoms with Gasteiger partial charge in [-0.25, -0.2) is 0 Å². The third-order valence-electron chi connectivity index (χ3n) is 1.65. The molecule has 1 amide bonds. The Labute approximate surface area is 115 Å². The fourth-order valence-corrected chi connectivity index (χ4v) is 0.916. The number of carbonyl (C=O) groups is 1. The van der Waals surface area contributed by atoms with Crippen LogP contribution in [0, 0.1) is 45.5 Å². The van der Waals surface area contributed by atoms with Gasteiger partial charge in [-0.3, -0.25) is 4.79 Å². The molecule has 0 fully saturated rings. The first-order valence-electron chi connectivity index (χ1n) is 4.10. The van der Waals surface area contributed by atoms with Crippen molar-refractivity contribution in [3.8, 4) is 0 Å². The summed E-state index contributed by atoms with van der Waals surface area (Å²) >= 11 is 0. The third kappa shape index (κ3) is 6.73. The number of carbonyl (C=O) groups excluding carboxylic acids is 1.